The van der Waals surface area contributed by atoms with Gasteiger partial charge in [-0.05, 0) is 51.3 Å². The normalized spacial score (nSPS) is 11.9. The van der Waals surface area contributed by atoms with E-state index in [-0.39, 0.29) is 5.91 Å². The number of benzene rings is 1. The molecular weight excluding hydrogens is 326 g/mol. The number of thioether (sulfide) groups is 1. The SMILES string of the molecule is CSc1ccc(C(=O)O[C@H](C)C(=O)Nc2c(C)nn(C)c2C)cc1. The van der Waals surface area contributed by atoms with Gasteiger partial charge in [0.25, 0.3) is 5.91 Å². The average molecular weight is 347 g/mol. The van der Waals surface area contributed by atoms with Crippen molar-refractivity contribution in [3.63, 3.8) is 0 Å². The Morgan fingerprint density at radius 2 is 1.88 bits per heavy atom. The first-order valence-electron chi connectivity index (χ1n) is 7.49. The van der Waals surface area contributed by atoms with Crippen LogP contribution in [0, 0.1) is 13.8 Å². The lowest BCUT2D eigenvalue weighted by Crippen LogP contribution is -2.30. The minimum Gasteiger partial charge on any atom is -0.449 e. The summed E-state index contributed by atoms with van der Waals surface area (Å²) >= 11 is 1.59. The first kappa shape index (κ1) is 18.1. The van der Waals surface area contributed by atoms with Gasteiger partial charge in [0.05, 0.1) is 22.6 Å². The number of esters is 1. The highest BCUT2D eigenvalue weighted by molar-refractivity contribution is 7.98. The Bertz CT molecular complexity index is 753. The molecule has 1 heterocycles. The number of anilines is 1. The topological polar surface area (TPSA) is 73.2 Å². The van der Waals surface area contributed by atoms with E-state index in [1.54, 1.807) is 42.5 Å². The van der Waals surface area contributed by atoms with Crippen LogP contribution in [0.25, 0.3) is 0 Å². The second-order valence-electron chi connectivity index (χ2n) is 5.43. The van der Waals surface area contributed by atoms with Crippen LogP contribution in [0.1, 0.15) is 28.7 Å². The zero-order chi connectivity index (χ0) is 17.9. The van der Waals surface area contributed by atoms with Crippen LogP contribution >= 0.6 is 11.8 Å². The molecule has 0 aliphatic rings. The van der Waals surface area contributed by atoms with Crippen molar-refractivity contribution in [1.29, 1.82) is 0 Å². The highest BCUT2D eigenvalue weighted by atomic mass is 32.2. The van der Waals surface area contributed by atoms with Gasteiger partial charge in [0.1, 0.15) is 0 Å². The molecule has 2 rings (SSSR count). The second-order valence-corrected chi connectivity index (χ2v) is 6.31. The minimum absolute atomic E-state index is 0.386. The fraction of sp³-hybridized carbons (Fsp3) is 0.353. The van der Waals surface area contributed by atoms with E-state index in [0.717, 1.165) is 16.3 Å². The number of amides is 1. The number of ether oxygens (including phenoxy) is 1. The number of carbonyl (C=O) groups is 2. The summed E-state index contributed by atoms with van der Waals surface area (Å²) in [5.74, 6) is -0.909. The van der Waals surface area contributed by atoms with Crippen molar-refractivity contribution in [3.05, 3.63) is 41.2 Å². The average Bonchev–Trinajstić information content (AvgIpc) is 2.81. The van der Waals surface area contributed by atoms with E-state index in [1.165, 1.54) is 0 Å². The van der Waals surface area contributed by atoms with Crippen LogP contribution in [0.15, 0.2) is 29.2 Å². The summed E-state index contributed by atoms with van der Waals surface area (Å²) in [7, 11) is 1.81. The van der Waals surface area contributed by atoms with Gasteiger partial charge in [-0.25, -0.2) is 4.79 Å². The van der Waals surface area contributed by atoms with Crippen molar-refractivity contribution < 1.29 is 14.3 Å². The molecule has 7 heteroatoms. The van der Waals surface area contributed by atoms with Crippen LogP contribution in [0.5, 0.6) is 0 Å². The number of aromatic nitrogens is 2. The lowest BCUT2D eigenvalue weighted by atomic mass is 10.2. The molecule has 0 aliphatic carbocycles. The molecule has 24 heavy (non-hydrogen) atoms. The maximum Gasteiger partial charge on any atom is 0.338 e. The molecule has 1 amide bonds. The predicted octanol–water partition coefficient (Wildman–Crippen LogP) is 2.94. The minimum atomic E-state index is -0.906. The zero-order valence-electron chi connectivity index (χ0n) is 14.4. The molecule has 0 bridgehead atoms. The Morgan fingerprint density at radius 1 is 1.25 bits per heavy atom. The van der Waals surface area contributed by atoms with Crippen molar-refractivity contribution >= 4 is 29.3 Å². The van der Waals surface area contributed by atoms with Crippen molar-refractivity contribution in [3.8, 4) is 0 Å². The fourth-order valence-corrected chi connectivity index (χ4v) is 2.60. The molecule has 0 saturated carbocycles. The van der Waals surface area contributed by atoms with E-state index in [2.05, 4.69) is 10.4 Å². The summed E-state index contributed by atoms with van der Waals surface area (Å²) in [4.78, 5) is 25.4. The molecule has 6 nitrogen and oxygen atoms in total. The van der Waals surface area contributed by atoms with Crippen molar-refractivity contribution in [1.82, 2.24) is 9.78 Å². The summed E-state index contributed by atoms with van der Waals surface area (Å²) in [6, 6.07) is 7.06. The Morgan fingerprint density at radius 3 is 2.38 bits per heavy atom. The quantitative estimate of drug-likeness (QED) is 0.665. The highest BCUT2D eigenvalue weighted by Gasteiger charge is 2.21. The van der Waals surface area contributed by atoms with E-state index in [9.17, 15) is 9.59 Å². The van der Waals surface area contributed by atoms with E-state index in [1.807, 2.05) is 32.2 Å². The lowest BCUT2D eigenvalue weighted by molar-refractivity contribution is -0.123. The van der Waals surface area contributed by atoms with E-state index in [0.29, 0.717) is 11.3 Å². The van der Waals surface area contributed by atoms with E-state index in [4.69, 9.17) is 4.74 Å². The zero-order valence-corrected chi connectivity index (χ0v) is 15.2. The molecule has 1 aromatic carbocycles. The first-order valence-corrected chi connectivity index (χ1v) is 8.72. The summed E-state index contributed by atoms with van der Waals surface area (Å²) in [5, 5.41) is 7.01. The Kier molecular flexibility index (Phi) is 5.66. The third-order valence-corrected chi connectivity index (χ3v) is 4.48. The molecular formula is C17H21N3O3S. The van der Waals surface area contributed by atoms with Crippen LogP contribution in [0.4, 0.5) is 5.69 Å². The van der Waals surface area contributed by atoms with Gasteiger partial charge in [0.2, 0.25) is 0 Å². The first-order chi connectivity index (χ1) is 11.3. The molecule has 0 fully saturated rings. The number of hydrogen-bond donors (Lipinski definition) is 1. The standard InChI is InChI=1S/C17H21N3O3S/c1-10-15(11(2)20(4)19-10)18-16(21)12(3)23-17(22)13-6-8-14(24-5)9-7-13/h6-9,12H,1-5H3,(H,18,21)/t12-/m1/s1. The van der Waals surface area contributed by atoms with Crippen LogP contribution in [-0.2, 0) is 16.6 Å². The second kappa shape index (κ2) is 7.53. The lowest BCUT2D eigenvalue weighted by Gasteiger charge is -2.14. The molecule has 2 aromatic rings. The molecule has 1 N–H and O–H groups in total. The van der Waals surface area contributed by atoms with E-state index >= 15 is 0 Å². The summed E-state index contributed by atoms with van der Waals surface area (Å²) in [6.45, 7) is 5.22. The van der Waals surface area contributed by atoms with Crippen LogP contribution in [0.3, 0.4) is 0 Å². The summed E-state index contributed by atoms with van der Waals surface area (Å²) < 4.78 is 6.93. The molecule has 0 unspecified atom stereocenters. The maximum absolute atomic E-state index is 12.3. The number of rotatable bonds is 5. The molecule has 0 aliphatic heterocycles. The monoisotopic (exact) mass is 347 g/mol. The third-order valence-electron chi connectivity index (χ3n) is 3.74. The third kappa shape index (κ3) is 3.97. The number of nitrogens with one attached hydrogen (secondary N) is 1. The molecule has 1 atom stereocenters. The molecule has 0 saturated heterocycles. The Hall–Kier alpha value is -2.28. The van der Waals surface area contributed by atoms with Crippen molar-refractivity contribution in [2.24, 2.45) is 7.05 Å². The number of carbonyl (C=O) groups excluding carboxylic acids is 2. The molecule has 0 spiro atoms. The van der Waals surface area contributed by atoms with Gasteiger partial charge < -0.3 is 10.1 Å². The van der Waals surface area contributed by atoms with Crippen LogP contribution in [-0.4, -0.2) is 34.0 Å². The fourth-order valence-electron chi connectivity index (χ4n) is 2.19. The van der Waals surface area contributed by atoms with Crippen molar-refractivity contribution in [2.75, 3.05) is 11.6 Å². The summed E-state index contributed by atoms with van der Waals surface area (Å²) in [6.07, 6.45) is 1.05. The van der Waals surface area contributed by atoms with Gasteiger partial charge in [0.15, 0.2) is 6.10 Å². The van der Waals surface area contributed by atoms with Gasteiger partial charge in [0, 0.05) is 11.9 Å². The van der Waals surface area contributed by atoms with Gasteiger partial charge >= 0.3 is 5.97 Å². The largest absolute Gasteiger partial charge is 0.449 e. The molecule has 1 aromatic heterocycles. The van der Waals surface area contributed by atoms with Crippen molar-refractivity contribution in [2.45, 2.75) is 31.8 Å². The Labute approximate surface area is 145 Å². The van der Waals surface area contributed by atoms with Crippen LogP contribution < -0.4 is 5.32 Å². The maximum atomic E-state index is 12.3. The van der Waals surface area contributed by atoms with Gasteiger partial charge in [-0.15, -0.1) is 11.8 Å². The number of aryl methyl sites for hydroxylation is 2. The van der Waals surface area contributed by atoms with E-state index < -0.39 is 12.1 Å². The van der Waals surface area contributed by atoms with Crippen LogP contribution in [0.2, 0.25) is 0 Å². The number of hydrogen-bond acceptors (Lipinski definition) is 5. The summed E-state index contributed by atoms with van der Waals surface area (Å²) in [5.41, 5.74) is 2.62. The molecule has 128 valence electrons. The Balaban J connectivity index is 2.01. The number of nitrogens with zero attached hydrogens (tertiary/aromatic N) is 2. The smallest absolute Gasteiger partial charge is 0.338 e. The predicted molar refractivity (Wildman–Crippen MR) is 94.4 cm³/mol. The van der Waals surface area contributed by atoms with Gasteiger partial charge in [-0.2, -0.15) is 5.10 Å². The van der Waals surface area contributed by atoms with Gasteiger partial charge in [-0.1, -0.05) is 0 Å². The highest BCUT2D eigenvalue weighted by Crippen LogP contribution is 2.19. The molecule has 0 radical (unpaired) electrons. The van der Waals surface area contributed by atoms with Gasteiger partial charge in [-0.3, -0.25) is 9.48 Å².